The van der Waals surface area contributed by atoms with E-state index in [4.69, 9.17) is 24.9 Å². The predicted octanol–water partition coefficient (Wildman–Crippen LogP) is 6.90. The molecule has 0 radical (unpaired) electrons. The van der Waals surface area contributed by atoms with E-state index < -0.39 is 47.4 Å². The van der Waals surface area contributed by atoms with Crippen LogP contribution in [0.25, 0.3) is 33.3 Å². The number of aromatic nitrogens is 2. The molecular weight excluding hydrogens is 987 g/mol. The molecule has 5 aromatic rings. The third-order valence-corrected chi connectivity index (χ3v) is 15.8. The van der Waals surface area contributed by atoms with Gasteiger partial charge in [-0.2, -0.15) is 5.26 Å². The van der Waals surface area contributed by atoms with Crippen LogP contribution in [0.15, 0.2) is 72.9 Å². The molecule has 0 spiro atoms. The Morgan fingerprint density at radius 1 is 1.05 bits per heavy atom. The minimum Gasteiger partial charge on any atom is -0.508 e. The summed E-state index contributed by atoms with van der Waals surface area (Å²) in [6.07, 6.45) is 2.55. The Kier molecular flexibility index (Phi) is 16.6. The summed E-state index contributed by atoms with van der Waals surface area (Å²) in [4.78, 5) is 66.9. The predicted molar refractivity (Wildman–Crippen MR) is 297 cm³/mol. The summed E-state index contributed by atoms with van der Waals surface area (Å²) in [5.41, 5.74) is 17.4. The summed E-state index contributed by atoms with van der Waals surface area (Å²) in [5.74, 6) is 4.16. The number of hydrogen-bond donors (Lipinski definition) is 4. The molecule has 3 aromatic carbocycles. The van der Waals surface area contributed by atoms with Gasteiger partial charge in [0.25, 0.3) is 11.8 Å². The molecular formula is C61H73N9O8. The second kappa shape index (κ2) is 23.4. The Labute approximate surface area is 457 Å². The van der Waals surface area contributed by atoms with Crippen molar-refractivity contribution in [1.29, 1.82) is 5.26 Å². The maximum atomic E-state index is 14.9. The number of esters is 1. The Morgan fingerprint density at radius 3 is 2.54 bits per heavy atom. The van der Waals surface area contributed by atoms with Gasteiger partial charge in [0.15, 0.2) is 0 Å². The summed E-state index contributed by atoms with van der Waals surface area (Å²) in [6.45, 7) is 15.2. The second-order valence-electron chi connectivity index (χ2n) is 22.6. The van der Waals surface area contributed by atoms with E-state index in [0.29, 0.717) is 75.3 Å². The first kappa shape index (κ1) is 55.5. The minimum atomic E-state index is -1.19. The quantitative estimate of drug-likeness (QED) is 0.0603. The van der Waals surface area contributed by atoms with Gasteiger partial charge in [-0.05, 0) is 116 Å². The third-order valence-electron chi connectivity index (χ3n) is 15.8. The van der Waals surface area contributed by atoms with Crippen LogP contribution in [-0.2, 0) is 52.8 Å². The molecule has 6 bridgehead atoms. The number of aromatic hydroxyl groups is 1. The number of carbonyl (C=O) groups excluding carboxylic acids is 4. The molecule has 4 aliphatic rings. The van der Waals surface area contributed by atoms with Crippen molar-refractivity contribution in [2.75, 3.05) is 59.3 Å². The first-order valence-corrected chi connectivity index (χ1v) is 27.3. The van der Waals surface area contributed by atoms with Gasteiger partial charge in [-0.15, -0.1) is 0 Å². The first-order chi connectivity index (χ1) is 37.4. The molecule has 78 heavy (non-hydrogen) atoms. The van der Waals surface area contributed by atoms with Crippen LogP contribution in [0.3, 0.4) is 0 Å². The Bertz CT molecular complexity index is 3180. The molecule has 2 aromatic heterocycles. The van der Waals surface area contributed by atoms with E-state index >= 15 is 0 Å². The number of cyclic esters (lactones) is 1. The Hall–Kier alpha value is -7.28. The van der Waals surface area contributed by atoms with Crippen molar-refractivity contribution in [1.82, 2.24) is 35.1 Å². The third kappa shape index (κ3) is 11.8. The lowest BCUT2D eigenvalue weighted by molar-refractivity contribution is -0.155. The number of ether oxygens (including phenoxy) is 3. The lowest BCUT2D eigenvalue weighted by atomic mass is 9.84. The number of carbonyl (C=O) groups is 4. The number of likely N-dealkylation sites (tertiary alicyclic amines) is 1. The van der Waals surface area contributed by atoms with Crippen molar-refractivity contribution in [3.05, 3.63) is 101 Å². The highest BCUT2D eigenvalue weighted by Gasteiger charge is 2.42. The van der Waals surface area contributed by atoms with Crippen LogP contribution in [0.5, 0.6) is 5.75 Å². The van der Waals surface area contributed by atoms with Gasteiger partial charge in [0.1, 0.15) is 30.0 Å². The van der Waals surface area contributed by atoms with Gasteiger partial charge in [0, 0.05) is 98.6 Å². The zero-order chi connectivity index (χ0) is 55.6. The minimum absolute atomic E-state index is 0.0274. The molecule has 0 saturated carbocycles. The summed E-state index contributed by atoms with van der Waals surface area (Å²) < 4.78 is 20.5. The number of fused-ring (bicyclic) bond motifs is 6. The normalized spacial score (nSPS) is 21.6. The number of phenols is 1. The number of phenolic OH excluding ortho intramolecular Hbond substituents is 1. The number of anilines is 1. The number of hydrazine groups is 1. The van der Waals surface area contributed by atoms with Gasteiger partial charge >= 0.3 is 5.97 Å². The Morgan fingerprint density at radius 2 is 1.82 bits per heavy atom. The number of hydrogen-bond acceptors (Lipinski definition) is 13. The molecule has 6 atom stereocenters. The molecule has 9 rings (SSSR count). The van der Waals surface area contributed by atoms with E-state index in [1.54, 1.807) is 44.6 Å². The number of amides is 3. The number of nitrogens with two attached hydrogens (primary N) is 1. The van der Waals surface area contributed by atoms with E-state index in [2.05, 4.69) is 77.1 Å². The molecule has 17 heteroatoms. The van der Waals surface area contributed by atoms with Crippen LogP contribution in [0.2, 0.25) is 0 Å². The number of nitrogens with one attached hydrogen (secondary N) is 2. The number of nitrogen functional groups attached to an aromatic ring is 1. The monoisotopic (exact) mass is 1060 g/mol. The number of likely N-dealkylation sites (N-methyl/N-ethyl adjacent to an activating group) is 1. The number of benzene rings is 3. The number of rotatable bonds is 11. The van der Waals surface area contributed by atoms with Gasteiger partial charge in [-0.1, -0.05) is 63.8 Å². The van der Waals surface area contributed by atoms with Crippen molar-refractivity contribution in [2.45, 2.75) is 116 Å². The van der Waals surface area contributed by atoms with E-state index in [1.807, 2.05) is 45.0 Å². The maximum Gasteiger partial charge on any atom is 0.324 e. The van der Waals surface area contributed by atoms with Gasteiger partial charge < -0.3 is 39.8 Å². The fourth-order valence-corrected chi connectivity index (χ4v) is 11.7. The fourth-order valence-electron chi connectivity index (χ4n) is 11.7. The standard InChI is InChI=1S/C61H73N9O8/c1-9-69-52-19-16-42-29-47(52)49(55(69)48-26-38(32-64-53(48)37(4)76-8)12-10-21-68-33-40(31-62)34-68)30-61(5,6)35-78-60(75)50-13-11-22-70(66-50)58(73)51(27-39-24-43(42)28-45(71)25-39)65-57(72)54(36(2)3)67(7)59(74)56-46(20-23-77-56)41-14-17-44(63)18-15-41/h14-19,24-26,28-29,32,36-37,40,46,50-51,54,56,66,71H,9,11,13,20-23,27,30,33-35,63H2,1-8H3,(H,65,72)/t37-,46+,50-,51-,54-,56+/m0/s1. The SMILES string of the molecule is CCn1c(-c2cc(C#CCN3CC(C#N)C3)cnc2[C@H](C)OC)c2c3cc(ccc31)-c1cc(O)cc(c1)C[C@H](NC(=O)[C@H](C(C)C)N(C)C(=O)[C@@H]1OCC[C@@H]1c1ccc(N)cc1)C(=O)N1CCC[C@H](N1)C(=O)OCC(C)(C)C2. The molecule has 410 valence electrons. The molecule has 4 aliphatic heterocycles. The number of methoxy groups -OCH3 is 1. The topological polar surface area (TPSA) is 218 Å². The largest absolute Gasteiger partial charge is 0.508 e. The summed E-state index contributed by atoms with van der Waals surface area (Å²) in [5, 5.41) is 26.2. The molecule has 0 aliphatic carbocycles. The number of pyridine rings is 1. The fraction of sp³-hybridized carbons (Fsp3) is 0.475. The molecule has 17 nitrogen and oxygen atoms in total. The molecule has 3 amide bonds. The highest BCUT2D eigenvalue weighted by Crippen LogP contribution is 2.43. The summed E-state index contributed by atoms with van der Waals surface area (Å²) >= 11 is 0. The molecule has 3 saturated heterocycles. The number of nitriles is 1. The lowest BCUT2D eigenvalue weighted by Crippen LogP contribution is -2.62. The van der Waals surface area contributed by atoms with Crippen molar-refractivity contribution >= 4 is 40.3 Å². The van der Waals surface area contributed by atoms with Crippen LogP contribution in [0.1, 0.15) is 101 Å². The zero-order valence-corrected chi connectivity index (χ0v) is 46.1. The van der Waals surface area contributed by atoms with Gasteiger partial charge in [0.2, 0.25) is 5.91 Å². The lowest BCUT2D eigenvalue weighted by Gasteiger charge is -2.37. The molecule has 3 fully saturated rings. The van der Waals surface area contributed by atoms with E-state index in [-0.39, 0.29) is 55.1 Å². The first-order valence-electron chi connectivity index (χ1n) is 27.3. The smallest absolute Gasteiger partial charge is 0.324 e. The van der Waals surface area contributed by atoms with Crippen LogP contribution < -0.4 is 16.5 Å². The van der Waals surface area contributed by atoms with Crippen LogP contribution in [0.4, 0.5) is 5.69 Å². The van der Waals surface area contributed by atoms with Gasteiger partial charge in [0.05, 0.1) is 42.6 Å². The van der Waals surface area contributed by atoms with Gasteiger partial charge in [-0.3, -0.25) is 34.1 Å². The summed E-state index contributed by atoms with van der Waals surface area (Å²) in [7, 11) is 3.26. The summed E-state index contributed by atoms with van der Waals surface area (Å²) in [6, 6.07) is 20.2. The number of aryl methyl sites for hydroxylation is 1. The van der Waals surface area contributed by atoms with E-state index in [0.717, 1.165) is 50.1 Å². The zero-order valence-electron chi connectivity index (χ0n) is 46.1. The molecule has 5 N–H and O–H groups in total. The maximum absolute atomic E-state index is 14.9. The van der Waals surface area contributed by atoms with Crippen molar-refractivity contribution in [3.8, 4) is 46.0 Å². The highest BCUT2D eigenvalue weighted by atomic mass is 16.5. The van der Waals surface area contributed by atoms with Crippen LogP contribution in [0, 0.1) is 40.4 Å². The van der Waals surface area contributed by atoms with Crippen molar-refractivity contribution < 1.29 is 38.5 Å². The van der Waals surface area contributed by atoms with Crippen molar-refractivity contribution in [2.24, 2.45) is 17.3 Å². The van der Waals surface area contributed by atoms with Crippen molar-refractivity contribution in [3.63, 3.8) is 0 Å². The molecule has 6 heterocycles. The van der Waals surface area contributed by atoms with E-state index in [1.165, 1.54) is 9.91 Å². The average molecular weight is 1060 g/mol. The molecule has 0 unspecified atom stereocenters. The van der Waals surface area contributed by atoms with E-state index in [9.17, 15) is 29.5 Å². The Balaban J connectivity index is 1.11. The van der Waals surface area contributed by atoms with Crippen LogP contribution in [-0.4, -0.2) is 131 Å². The second-order valence-corrected chi connectivity index (χ2v) is 22.6. The highest BCUT2D eigenvalue weighted by molar-refractivity contribution is 5.96. The van der Waals surface area contributed by atoms with Crippen LogP contribution >= 0.6 is 0 Å². The number of nitrogens with zero attached hydrogens (tertiary/aromatic N) is 6. The van der Waals surface area contributed by atoms with Gasteiger partial charge in [-0.25, -0.2) is 5.43 Å². The average Bonchev–Trinajstić information content (AvgIpc) is 4.11.